The molecule has 3 N–H and O–H groups in total. The molecule has 0 unspecified atom stereocenters. The van der Waals surface area contributed by atoms with Crippen LogP contribution >= 0.6 is 27.3 Å². The van der Waals surface area contributed by atoms with Gasteiger partial charge in [-0.2, -0.15) is 0 Å². The summed E-state index contributed by atoms with van der Waals surface area (Å²) in [5, 5.41) is 2.80. The average Bonchev–Trinajstić information content (AvgIpc) is 2.67. The van der Waals surface area contributed by atoms with Gasteiger partial charge in [0.2, 0.25) is 5.91 Å². The zero-order valence-corrected chi connectivity index (χ0v) is 15.1. The number of aryl methyl sites for hydroxylation is 2. The Labute approximate surface area is 141 Å². The highest BCUT2D eigenvalue weighted by molar-refractivity contribution is 9.10. The van der Waals surface area contributed by atoms with Crippen LogP contribution in [0.5, 0.6) is 0 Å². The van der Waals surface area contributed by atoms with Crippen LogP contribution in [0, 0.1) is 20.8 Å². The van der Waals surface area contributed by atoms with Gasteiger partial charge in [0.1, 0.15) is 0 Å². The molecule has 0 bridgehead atoms. The fraction of sp³-hybridized carbons (Fsp3) is 0.333. The number of hydrogen-bond acceptors (Lipinski definition) is 4. The highest BCUT2D eigenvalue weighted by atomic mass is 79.9. The standard InChI is InChI=1S/C15H18BrN3O2S/c1-8-6-11(16)7-12(14(8)17)18-13(20)4-5-19-9(2)10(3)22-15(19)21/h6-7H,4-5,17H2,1-3H3,(H,18,20). The summed E-state index contributed by atoms with van der Waals surface area (Å²) in [7, 11) is 0. The fourth-order valence-electron chi connectivity index (χ4n) is 2.13. The Morgan fingerprint density at radius 2 is 2.05 bits per heavy atom. The predicted octanol–water partition coefficient (Wildman–Crippen LogP) is 3.21. The van der Waals surface area contributed by atoms with Crippen molar-refractivity contribution in [1.82, 2.24) is 4.57 Å². The molecule has 0 radical (unpaired) electrons. The van der Waals surface area contributed by atoms with Gasteiger partial charge >= 0.3 is 4.87 Å². The van der Waals surface area contributed by atoms with Crippen molar-refractivity contribution in [3.8, 4) is 0 Å². The molecule has 5 nitrogen and oxygen atoms in total. The third-order valence-corrected chi connectivity index (χ3v) is 5.02. The van der Waals surface area contributed by atoms with Crippen LogP contribution in [0.1, 0.15) is 22.6 Å². The predicted molar refractivity (Wildman–Crippen MR) is 94.6 cm³/mol. The van der Waals surface area contributed by atoms with E-state index in [0.717, 1.165) is 20.6 Å². The molecule has 0 aliphatic rings. The van der Waals surface area contributed by atoms with Crippen molar-refractivity contribution in [2.45, 2.75) is 33.7 Å². The summed E-state index contributed by atoms with van der Waals surface area (Å²) >= 11 is 4.59. The number of benzene rings is 1. The maximum absolute atomic E-state index is 12.1. The number of nitrogens with one attached hydrogen (secondary N) is 1. The molecular formula is C15H18BrN3O2S. The van der Waals surface area contributed by atoms with E-state index in [1.807, 2.05) is 26.8 Å². The molecule has 22 heavy (non-hydrogen) atoms. The van der Waals surface area contributed by atoms with Crippen LogP contribution in [0.15, 0.2) is 21.4 Å². The first-order valence-electron chi connectivity index (χ1n) is 6.82. The van der Waals surface area contributed by atoms with E-state index in [-0.39, 0.29) is 17.2 Å². The number of aromatic nitrogens is 1. The number of hydrogen-bond donors (Lipinski definition) is 2. The normalized spacial score (nSPS) is 10.7. The Morgan fingerprint density at radius 1 is 1.36 bits per heavy atom. The van der Waals surface area contributed by atoms with Crippen LogP contribution in [-0.2, 0) is 11.3 Å². The molecule has 0 saturated carbocycles. The summed E-state index contributed by atoms with van der Waals surface area (Å²) in [5.41, 5.74) is 8.92. The number of thiazole rings is 1. The van der Waals surface area contributed by atoms with E-state index in [1.54, 1.807) is 10.6 Å². The molecule has 1 aromatic carbocycles. The van der Waals surface area contributed by atoms with Crippen LogP contribution in [0.2, 0.25) is 0 Å². The van der Waals surface area contributed by atoms with Crippen LogP contribution in [-0.4, -0.2) is 10.5 Å². The number of halogens is 1. The second-order valence-corrected chi connectivity index (χ2v) is 7.22. The molecule has 2 rings (SSSR count). The zero-order chi connectivity index (χ0) is 16.4. The van der Waals surface area contributed by atoms with Gasteiger partial charge in [0.05, 0.1) is 11.4 Å². The smallest absolute Gasteiger partial charge is 0.307 e. The van der Waals surface area contributed by atoms with Crippen molar-refractivity contribution in [3.05, 3.63) is 42.4 Å². The first-order valence-corrected chi connectivity index (χ1v) is 8.43. The minimum Gasteiger partial charge on any atom is -0.397 e. The van der Waals surface area contributed by atoms with Crippen molar-refractivity contribution in [3.63, 3.8) is 0 Å². The van der Waals surface area contributed by atoms with Crippen molar-refractivity contribution in [2.75, 3.05) is 11.1 Å². The van der Waals surface area contributed by atoms with Gasteiger partial charge in [-0.3, -0.25) is 9.59 Å². The number of nitrogens with two attached hydrogens (primary N) is 1. The third-order valence-electron chi connectivity index (χ3n) is 3.56. The Balaban J connectivity index is 2.07. The van der Waals surface area contributed by atoms with E-state index in [2.05, 4.69) is 21.2 Å². The number of nitrogens with zero attached hydrogens (tertiary/aromatic N) is 1. The van der Waals surface area contributed by atoms with E-state index in [4.69, 9.17) is 5.73 Å². The maximum atomic E-state index is 12.1. The molecule has 7 heteroatoms. The van der Waals surface area contributed by atoms with Gasteiger partial charge in [-0.05, 0) is 38.5 Å². The fourth-order valence-corrected chi connectivity index (χ4v) is 3.56. The van der Waals surface area contributed by atoms with Crippen molar-refractivity contribution < 1.29 is 4.79 Å². The molecule has 1 aromatic heterocycles. The Kier molecular flexibility index (Phi) is 5.08. The molecule has 0 spiro atoms. The van der Waals surface area contributed by atoms with Gasteiger partial charge in [0.25, 0.3) is 0 Å². The maximum Gasteiger partial charge on any atom is 0.307 e. The number of rotatable bonds is 4. The molecule has 0 saturated heterocycles. The molecular weight excluding hydrogens is 366 g/mol. The quantitative estimate of drug-likeness (QED) is 0.795. The minimum atomic E-state index is -0.167. The molecule has 0 aliphatic carbocycles. The van der Waals surface area contributed by atoms with Gasteiger partial charge in [-0.25, -0.2) is 0 Å². The van der Waals surface area contributed by atoms with Crippen LogP contribution in [0.25, 0.3) is 0 Å². The highest BCUT2D eigenvalue weighted by Crippen LogP contribution is 2.27. The summed E-state index contributed by atoms with van der Waals surface area (Å²) in [6, 6.07) is 3.66. The number of nitrogen functional groups attached to an aromatic ring is 1. The SMILES string of the molecule is Cc1cc(Br)cc(NC(=O)CCn2c(C)c(C)sc2=O)c1N. The minimum absolute atomic E-state index is 0.0272. The first-order chi connectivity index (χ1) is 10.3. The van der Waals surface area contributed by atoms with E-state index in [1.165, 1.54) is 11.3 Å². The van der Waals surface area contributed by atoms with Crippen molar-refractivity contribution in [1.29, 1.82) is 0 Å². The van der Waals surface area contributed by atoms with Gasteiger partial charge in [-0.1, -0.05) is 27.3 Å². The zero-order valence-electron chi connectivity index (χ0n) is 12.7. The summed E-state index contributed by atoms with van der Waals surface area (Å²) < 4.78 is 2.49. The molecule has 1 amide bonds. The van der Waals surface area contributed by atoms with Crippen LogP contribution < -0.4 is 15.9 Å². The second kappa shape index (κ2) is 6.66. The van der Waals surface area contributed by atoms with Crippen LogP contribution in [0.3, 0.4) is 0 Å². The van der Waals surface area contributed by atoms with Gasteiger partial charge in [0, 0.05) is 28.0 Å². The van der Waals surface area contributed by atoms with Crippen molar-refractivity contribution in [2.24, 2.45) is 0 Å². The number of amides is 1. The van der Waals surface area contributed by atoms with E-state index >= 15 is 0 Å². The lowest BCUT2D eigenvalue weighted by Crippen LogP contribution is -2.20. The highest BCUT2D eigenvalue weighted by Gasteiger charge is 2.11. The lowest BCUT2D eigenvalue weighted by Gasteiger charge is -2.11. The van der Waals surface area contributed by atoms with E-state index in [9.17, 15) is 9.59 Å². The molecule has 0 fully saturated rings. The number of anilines is 2. The monoisotopic (exact) mass is 383 g/mol. The first kappa shape index (κ1) is 16.8. The summed E-state index contributed by atoms with van der Waals surface area (Å²) in [4.78, 5) is 24.9. The van der Waals surface area contributed by atoms with E-state index < -0.39 is 0 Å². The molecule has 0 aliphatic heterocycles. The third kappa shape index (κ3) is 3.59. The van der Waals surface area contributed by atoms with Gasteiger partial charge < -0.3 is 15.6 Å². The van der Waals surface area contributed by atoms with Gasteiger partial charge in [-0.15, -0.1) is 0 Å². The second-order valence-electron chi connectivity index (χ2n) is 5.14. The summed E-state index contributed by atoms with van der Waals surface area (Å²) in [6.07, 6.45) is 0.224. The van der Waals surface area contributed by atoms with E-state index in [0.29, 0.717) is 17.9 Å². The number of carbonyl (C=O) groups is 1. The molecule has 118 valence electrons. The lowest BCUT2D eigenvalue weighted by atomic mass is 10.1. The lowest BCUT2D eigenvalue weighted by molar-refractivity contribution is -0.116. The van der Waals surface area contributed by atoms with Crippen LogP contribution in [0.4, 0.5) is 11.4 Å². The topological polar surface area (TPSA) is 77.1 Å². The Morgan fingerprint density at radius 3 is 2.64 bits per heavy atom. The number of carbonyl (C=O) groups excluding carboxylic acids is 1. The largest absolute Gasteiger partial charge is 0.397 e. The molecule has 2 aromatic rings. The van der Waals surface area contributed by atoms with Crippen molar-refractivity contribution >= 4 is 44.5 Å². The van der Waals surface area contributed by atoms with Gasteiger partial charge in [0.15, 0.2) is 0 Å². The average molecular weight is 384 g/mol. The Hall–Kier alpha value is -1.60. The summed E-state index contributed by atoms with van der Waals surface area (Å²) in [6.45, 7) is 6.05. The molecule has 1 heterocycles. The summed E-state index contributed by atoms with van der Waals surface area (Å²) in [5.74, 6) is -0.167. The Bertz CT molecular complexity index is 780. The molecule has 0 atom stereocenters.